The number of aromatic nitrogens is 4. The normalized spacial score (nSPS) is 29.3. The fourth-order valence-electron chi connectivity index (χ4n) is 2.43. The van der Waals surface area contributed by atoms with Gasteiger partial charge in [0.15, 0.2) is 17.4 Å². The third kappa shape index (κ3) is 2.23. The Morgan fingerprint density at radius 2 is 2.38 bits per heavy atom. The van der Waals surface area contributed by atoms with Crippen LogP contribution in [-0.4, -0.2) is 61.8 Å². The molecule has 114 valence electrons. The largest absolute Gasteiger partial charge is 0.394 e. The van der Waals surface area contributed by atoms with Gasteiger partial charge in [-0.2, -0.15) is 4.98 Å². The number of rotatable bonds is 3. The molecule has 1 fully saturated rings. The SMILES string of the molecule is COC1C(O)[C@@H](CO)O[C@H]1n1cnc2c(=O)[nH]c(Cl)nc21. The van der Waals surface area contributed by atoms with Crippen molar-refractivity contribution in [3.8, 4) is 0 Å². The van der Waals surface area contributed by atoms with Gasteiger partial charge < -0.3 is 19.7 Å². The molecule has 10 heteroatoms. The van der Waals surface area contributed by atoms with Crippen molar-refractivity contribution in [2.75, 3.05) is 13.7 Å². The zero-order valence-corrected chi connectivity index (χ0v) is 11.7. The molecule has 21 heavy (non-hydrogen) atoms. The summed E-state index contributed by atoms with van der Waals surface area (Å²) in [5.74, 6) is 0. The fraction of sp³-hybridized carbons (Fsp3) is 0.545. The number of halogens is 1. The number of hydrogen-bond donors (Lipinski definition) is 3. The quantitative estimate of drug-likeness (QED) is 0.623. The van der Waals surface area contributed by atoms with E-state index < -0.39 is 30.1 Å². The summed E-state index contributed by atoms with van der Waals surface area (Å²) in [6.45, 7) is -0.362. The summed E-state index contributed by atoms with van der Waals surface area (Å²) in [4.78, 5) is 22.1. The molecule has 3 rings (SSSR count). The molecule has 9 nitrogen and oxygen atoms in total. The minimum absolute atomic E-state index is 0.0829. The van der Waals surface area contributed by atoms with Crippen LogP contribution in [-0.2, 0) is 9.47 Å². The van der Waals surface area contributed by atoms with Gasteiger partial charge in [-0.25, -0.2) is 4.98 Å². The van der Waals surface area contributed by atoms with Crippen molar-refractivity contribution in [1.29, 1.82) is 0 Å². The van der Waals surface area contributed by atoms with E-state index in [9.17, 15) is 15.0 Å². The van der Waals surface area contributed by atoms with E-state index in [0.717, 1.165) is 0 Å². The molecule has 0 saturated carbocycles. The van der Waals surface area contributed by atoms with Crippen molar-refractivity contribution >= 4 is 22.8 Å². The lowest BCUT2D eigenvalue weighted by molar-refractivity contribution is -0.0583. The summed E-state index contributed by atoms with van der Waals surface area (Å²) in [5.41, 5.74) is -0.170. The monoisotopic (exact) mass is 316 g/mol. The predicted octanol–water partition coefficient (Wildman–Crippen LogP) is -0.961. The number of methoxy groups -OCH3 is 1. The van der Waals surface area contributed by atoms with E-state index >= 15 is 0 Å². The molecule has 3 N–H and O–H groups in total. The molecule has 3 heterocycles. The first-order chi connectivity index (χ1) is 10.1. The van der Waals surface area contributed by atoms with Gasteiger partial charge in [-0.3, -0.25) is 14.3 Å². The molecule has 4 atom stereocenters. The van der Waals surface area contributed by atoms with Crippen LogP contribution in [0.1, 0.15) is 6.23 Å². The number of aliphatic hydroxyl groups excluding tert-OH is 2. The molecule has 0 spiro atoms. The topological polar surface area (TPSA) is 122 Å². The molecule has 1 aliphatic rings. The van der Waals surface area contributed by atoms with Crippen LogP contribution in [0.3, 0.4) is 0 Å². The number of aromatic amines is 1. The number of nitrogens with zero attached hydrogens (tertiary/aromatic N) is 3. The van der Waals surface area contributed by atoms with Gasteiger partial charge in [-0.1, -0.05) is 0 Å². The van der Waals surface area contributed by atoms with Crippen molar-refractivity contribution in [3.05, 3.63) is 22.0 Å². The number of aliphatic hydroxyl groups is 2. The summed E-state index contributed by atoms with van der Waals surface area (Å²) in [5, 5.41) is 19.2. The van der Waals surface area contributed by atoms with Gasteiger partial charge in [0.1, 0.15) is 18.3 Å². The smallest absolute Gasteiger partial charge is 0.280 e. The third-order valence-corrected chi connectivity index (χ3v) is 3.62. The number of fused-ring (bicyclic) bond motifs is 1. The second-order valence-electron chi connectivity index (χ2n) is 4.62. The molecular formula is C11H13ClN4O5. The minimum Gasteiger partial charge on any atom is -0.394 e. The van der Waals surface area contributed by atoms with Crippen molar-refractivity contribution in [1.82, 2.24) is 19.5 Å². The number of nitrogens with one attached hydrogen (secondary N) is 1. The highest BCUT2D eigenvalue weighted by Crippen LogP contribution is 2.32. The Balaban J connectivity index is 2.10. The Morgan fingerprint density at radius 1 is 1.62 bits per heavy atom. The lowest BCUT2D eigenvalue weighted by atomic mass is 10.1. The maximum Gasteiger partial charge on any atom is 0.280 e. The minimum atomic E-state index is -1.01. The third-order valence-electron chi connectivity index (χ3n) is 3.44. The highest BCUT2D eigenvalue weighted by Gasteiger charge is 2.45. The average Bonchev–Trinajstić information content (AvgIpc) is 2.99. The van der Waals surface area contributed by atoms with Crippen LogP contribution >= 0.6 is 11.6 Å². The van der Waals surface area contributed by atoms with Gasteiger partial charge >= 0.3 is 0 Å². The number of imidazole rings is 1. The van der Waals surface area contributed by atoms with Crippen LogP contribution in [0.15, 0.2) is 11.1 Å². The first-order valence-corrected chi connectivity index (χ1v) is 6.54. The van der Waals surface area contributed by atoms with Crippen molar-refractivity contribution < 1.29 is 19.7 Å². The second-order valence-corrected chi connectivity index (χ2v) is 4.98. The number of ether oxygens (including phenoxy) is 2. The van der Waals surface area contributed by atoms with Gasteiger partial charge in [0.25, 0.3) is 5.56 Å². The van der Waals surface area contributed by atoms with E-state index in [4.69, 9.17) is 21.1 Å². The molecule has 0 bridgehead atoms. The van der Waals surface area contributed by atoms with E-state index in [0.29, 0.717) is 0 Å². The second kappa shape index (κ2) is 5.35. The lowest BCUT2D eigenvalue weighted by Crippen LogP contribution is -2.34. The molecule has 1 aliphatic heterocycles. The summed E-state index contributed by atoms with van der Waals surface area (Å²) >= 11 is 5.75. The molecule has 0 aromatic carbocycles. The van der Waals surface area contributed by atoms with Gasteiger partial charge in [-0.05, 0) is 11.6 Å². The summed E-state index contributed by atoms with van der Waals surface area (Å²) in [6, 6.07) is 0. The van der Waals surface area contributed by atoms with Gasteiger partial charge in [0, 0.05) is 7.11 Å². The Labute approximate surface area is 123 Å². The Bertz CT molecular complexity index is 716. The fourth-order valence-corrected chi connectivity index (χ4v) is 2.60. The first kappa shape index (κ1) is 14.4. The Kier molecular flexibility index (Phi) is 3.68. The zero-order chi connectivity index (χ0) is 15.1. The van der Waals surface area contributed by atoms with E-state index in [-0.39, 0.29) is 23.1 Å². The molecule has 1 saturated heterocycles. The molecular weight excluding hydrogens is 304 g/mol. The number of hydrogen-bond acceptors (Lipinski definition) is 7. The molecule has 2 unspecified atom stereocenters. The maximum atomic E-state index is 11.7. The predicted molar refractivity (Wildman–Crippen MR) is 71.0 cm³/mol. The Morgan fingerprint density at radius 3 is 3.05 bits per heavy atom. The van der Waals surface area contributed by atoms with Crippen LogP contribution in [0.2, 0.25) is 5.28 Å². The summed E-state index contributed by atoms with van der Waals surface area (Å²) in [7, 11) is 1.41. The molecule has 0 amide bonds. The maximum absolute atomic E-state index is 11.7. The van der Waals surface area contributed by atoms with Crippen LogP contribution in [0, 0.1) is 0 Å². The van der Waals surface area contributed by atoms with E-state index in [1.54, 1.807) is 0 Å². The van der Waals surface area contributed by atoms with Crippen LogP contribution in [0.25, 0.3) is 11.2 Å². The van der Waals surface area contributed by atoms with Gasteiger partial charge in [0.05, 0.1) is 12.9 Å². The molecule has 0 radical (unpaired) electrons. The highest BCUT2D eigenvalue weighted by molar-refractivity contribution is 6.28. The molecule has 0 aliphatic carbocycles. The lowest BCUT2D eigenvalue weighted by Gasteiger charge is -2.19. The van der Waals surface area contributed by atoms with Crippen LogP contribution < -0.4 is 5.56 Å². The first-order valence-electron chi connectivity index (χ1n) is 6.16. The van der Waals surface area contributed by atoms with Crippen molar-refractivity contribution in [3.63, 3.8) is 0 Å². The van der Waals surface area contributed by atoms with E-state index in [1.807, 2.05) is 0 Å². The van der Waals surface area contributed by atoms with Crippen LogP contribution in [0.5, 0.6) is 0 Å². The standard InChI is InChI=1S/C11H13ClN4O5/c1-20-7-6(18)4(2-17)21-10(7)16-3-13-5-8(16)14-11(12)15-9(5)19/h3-4,6-7,10,17-18H,2H2,1H3,(H,14,15,19)/t4-,6?,7?,10-/m1/s1. The van der Waals surface area contributed by atoms with Gasteiger partial charge in [0.2, 0.25) is 5.28 Å². The zero-order valence-electron chi connectivity index (χ0n) is 10.9. The van der Waals surface area contributed by atoms with Gasteiger partial charge in [-0.15, -0.1) is 0 Å². The highest BCUT2D eigenvalue weighted by atomic mass is 35.5. The Hall–Kier alpha value is -1.52. The van der Waals surface area contributed by atoms with E-state index in [2.05, 4.69) is 15.0 Å². The van der Waals surface area contributed by atoms with E-state index in [1.165, 1.54) is 18.0 Å². The number of H-pyrrole nitrogens is 1. The average molecular weight is 317 g/mol. The summed E-state index contributed by atoms with van der Waals surface area (Å²) < 4.78 is 12.2. The van der Waals surface area contributed by atoms with Crippen molar-refractivity contribution in [2.24, 2.45) is 0 Å². The molecule has 2 aromatic rings. The van der Waals surface area contributed by atoms with Crippen LogP contribution in [0.4, 0.5) is 0 Å². The van der Waals surface area contributed by atoms with Crippen molar-refractivity contribution in [2.45, 2.75) is 24.5 Å². The summed E-state index contributed by atoms with van der Waals surface area (Å²) in [6.07, 6.45) is -1.97. The molecule has 2 aromatic heterocycles.